The number of nitrogens with zero attached hydrogens (tertiary/aromatic N) is 3. The first-order chi connectivity index (χ1) is 18.0. The summed E-state index contributed by atoms with van der Waals surface area (Å²) in [6, 6.07) is 6.08. The quantitative estimate of drug-likeness (QED) is 0.254. The summed E-state index contributed by atoms with van der Waals surface area (Å²) in [5.41, 5.74) is -0.871. The third-order valence-electron chi connectivity index (χ3n) is 6.67. The van der Waals surface area contributed by atoms with E-state index in [1.807, 2.05) is 13.0 Å². The van der Waals surface area contributed by atoms with Gasteiger partial charge in [-0.2, -0.15) is 13.2 Å². The number of hydrogen-bond donors (Lipinski definition) is 2. The van der Waals surface area contributed by atoms with Gasteiger partial charge in [0.15, 0.2) is 0 Å². The van der Waals surface area contributed by atoms with Crippen molar-refractivity contribution in [2.75, 3.05) is 18.6 Å². The Morgan fingerprint density at radius 3 is 2.58 bits per heavy atom. The van der Waals surface area contributed by atoms with Crippen LogP contribution in [0.15, 0.2) is 36.7 Å². The zero-order chi connectivity index (χ0) is 27.5. The maximum Gasteiger partial charge on any atom is 0.433 e. The number of hydrogen-bond acceptors (Lipinski definition) is 8. The Balaban J connectivity index is 1.53. The maximum atomic E-state index is 14.3. The van der Waals surface area contributed by atoms with Gasteiger partial charge in [-0.05, 0) is 74.8 Å². The number of anilines is 2. The molecular weight excluding hydrogens is 524 g/mol. The minimum Gasteiger partial charge on any atom is -0.466 e. The SMILES string of the molecule is CCOC(=O)[C@H]1CC[C@H](C(O)(CF)c2ncc(-c3cc(C)cc(Nc4nccc(C(F)(F)F)n4)c3)s2)CC1. The molecule has 1 fully saturated rings. The molecule has 2 N–H and O–H groups in total. The van der Waals surface area contributed by atoms with Crippen LogP contribution in [0.1, 0.15) is 48.9 Å². The number of aromatic nitrogens is 3. The zero-order valence-corrected chi connectivity index (χ0v) is 21.7. The third kappa shape index (κ3) is 6.12. The summed E-state index contributed by atoms with van der Waals surface area (Å²) < 4.78 is 58.4. The molecule has 0 radical (unpaired) electrons. The lowest BCUT2D eigenvalue weighted by Gasteiger charge is -2.36. The Kier molecular flexibility index (Phi) is 8.31. The Bertz CT molecular complexity index is 1280. The lowest BCUT2D eigenvalue weighted by atomic mass is 9.74. The van der Waals surface area contributed by atoms with Gasteiger partial charge in [-0.1, -0.05) is 6.07 Å². The summed E-state index contributed by atoms with van der Waals surface area (Å²) >= 11 is 1.16. The van der Waals surface area contributed by atoms with Crippen LogP contribution in [0.25, 0.3) is 10.4 Å². The van der Waals surface area contributed by atoms with Crippen molar-refractivity contribution in [1.82, 2.24) is 15.0 Å². The molecule has 4 rings (SSSR count). The summed E-state index contributed by atoms with van der Waals surface area (Å²) in [7, 11) is 0. The van der Waals surface area contributed by atoms with Gasteiger partial charge in [0.05, 0.1) is 17.4 Å². The van der Waals surface area contributed by atoms with E-state index in [0.29, 0.717) is 48.4 Å². The number of carbonyl (C=O) groups excluding carboxylic acids is 1. The minimum atomic E-state index is -4.60. The molecule has 1 unspecified atom stereocenters. The van der Waals surface area contributed by atoms with E-state index in [1.54, 1.807) is 25.3 Å². The highest BCUT2D eigenvalue weighted by Crippen LogP contribution is 2.44. The van der Waals surface area contributed by atoms with Crippen LogP contribution in [-0.4, -0.2) is 39.3 Å². The smallest absolute Gasteiger partial charge is 0.433 e. The second-order valence-corrected chi connectivity index (χ2v) is 10.4. The molecule has 1 aliphatic carbocycles. The largest absolute Gasteiger partial charge is 0.466 e. The van der Waals surface area contributed by atoms with E-state index in [2.05, 4.69) is 20.3 Å². The molecule has 0 aliphatic heterocycles. The normalized spacial score (nSPS) is 19.6. The molecule has 0 amide bonds. The standard InChI is InChI=1S/C26H28F4N4O3S/c1-3-37-22(35)16-4-6-18(7-5-16)25(36,14-27)23-32-13-20(38-23)17-10-15(2)11-19(12-17)33-24-31-9-8-21(34-24)26(28,29)30/h8-13,16,18,36H,3-7,14H2,1-2H3,(H,31,33,34)/t16-,18-,25?. The van der Waals surface area contributed by atoms with Gasteiger partial charge in [-0.25, -0.2) is 19.3 Å². The number of halogens is 4. The third-order valence-corrected chi connectivity index (χ3v) is 7.88. The van der Waals surface area contributed by atoms with Crippen molar-refractivity contribution in [3.63, 3.8) is 0 Å². The first-order valence-electron chi connectivity index (χ1n) is 12.2. The predicted octanol–water partition coefficient (Wildman–Crippen LogP) is 6.20. The molecule has 3 aromatic rings. The fourth-order valence-electron chi connectivity index (χ4n) is 4.72. The maximum absolute atomic E-state index is 14.3. The second kappa shape index (κ2) is 11.3. The molecule has 2 aromatic heterocycles. The Morgan fingerprint density at radius 1 is 1.18 bits per heavy atom. The van der Waals surface area contributed by atoms with Crippen molar-refractivity contribution < 1.29 is 32.2 Å². The minimum absolute atomic E-state index is 0.202. The van der Waals surface area contributed by atoms with Crippen LogP contribution in [0.5, 0.6) is 0 Å². The highest BCUT2D eigenvalue weighted by Gasteiger charge is 2.44. The Morgan fingerprint density at radius 2 is 1.92 bits per heavy atom. The van der Waals surface area contributed by atoms with Gasteiger partial charge in [-0.3, -0.25) is 4.79 Å². The number of aryl methyl sites for hydroxylation is 1. The number of ether oxygens (including phenoxy) is 1. The van der Waals surface area contributed by atoms with Gasteiger partial charge < -0.3 is 15.2 Å². The first kappa shape index (κ1) is 27.9. The van der Waals surface area contributed by atoms with Crippen LogP contribution in [0.2, 0.25) is 0 Å². The number of nitrogens with one attached hydrogen (secondary N) is 1. The predicted molar refractivity (Wildman–Crippen MR) is 135 cm³/mol. The van der Waals surface area contributed by atoms with Crippen molar-refractivity contribution in [3.05, 3.63) is 52.9 Å². The Hall–Kier alpha value is -3.12. The summed E-state index contributed by atoms with van der Waals surface area (Å²) in [6.45, 7) is 2.86. The van der Waals surface area contributed by atoms with Crippen molar-refractivity contribution in [2.24, 2.45) is 11.8 Å². The van der Waals surface area contributed by atoms with Crippen molar-refractivity contribution >= 4 is 28.9 Å². The number of benzene rings is 1. The fourth-order valence-corrected chi connectivity index (χ4v) is 5.77. The van der Waals surface area contributed by atoms with Gasteiger partial charge in [-0.15, -0.1) is 11.3 Å². The molecule has 0 spiro atoms. The van der Waals surface area contributed by atoms with E-state index in [9.17, 15) is 27.5 Å². The number of rotatable bonds is 8. The highest BCUT2D eigenvalue weighted by atomic mass is 32.1. The summed E-state index contributed by atoms with van der Waals surface area (Å²) in [6.07, 6.45) is -0.0697. The molecule has 1 aliphatic rings. The van der Waals surface area contributed by atoms with E-state index in [4.69, 9.17) is 4.74 Å². The molecule has 1 aromatic carbocycles. The molecule has 0 bridgehead atoms. The lowest BCUT2D eigenvalue weighted by molar-refractivity contribution is -0.151. The van der Waals surface area contributed by atoms with E-state index in [0.717, 1.165) is 29.2 Å². The van der Waals surface area contributed by atoms with Crippen LogP contribution < -0.4 is 5.32 Å². The van der Waals surface area contributed by atoms with Gasteiger partial charge in [0.25, 0.3) is 0 Å². The van der Waals surface area contributed by atoms with E-state index < -0.39 is 30.1 Å². The van der Waals surface area contributed by atoms with E-state index in [1.165, 1.54) is 0 Å². The van der Waals surface area contributed by atoms with Gasteiger partial charge in [0, 0.05) is 18.1 Å². The monoisotopic (exact) mass is 552 g/mol. The first-order valence-corrected chi connectivity index (χ1v) is 13.1. The second-order valence-electron chi connectivity index (χ2n) is 9.36. The Labute approximate surface area is 221 Å². The number of thiazole rings is 1. The van der Waals surface area contributed by atoms with Crippen molar-refractivity contribution in [2.45, 2.75) is 51.3 Å². The molecule has 7 nitrogen and oxygen atoms in total. The van der Waals surface area contributed by atoms with Crippen LogP contribution in [0, 0.1) is 18.8 Å². The molecule has 204 valence electrons. The lowest BCUT2D eigenvalue weighted by Crippen LogP contribution is -2.40. The van der Waals surface area contributed by atoms with E-state index >= 15 is 0 Å². The molecule has 12 heteroatoms. The van der Waals surface area contributed by atoms with Crippen LogP contribution in [0.3, 0.4) is 0 Å². The molecule has 1 atom stereocenters. The van der Waals surface area contributed by atoms with Gasteiger partial charge in [0.1, 0.15) is 23.0 Å². The summed E-state index contributed by atoms with van der Waals surface area (Å²) in [5, 5.41) is 14.4. The topological polar surface area (TPSA) is 97.2 Å². The van der Waals surface area contributed by atoms with Gasteiger partial charge >= 0.3 is 12.1 Å². The number of carbonyl (C=O) groups is 1. The summed E-state index contributed by atoms with van der Waals surface area (Å²) in [5.74, 6) is -1.11. The molecule has 0 saturated heterocycles. The van der Waals surface area contributed by atoms with Crippen molar-refractivity contribution in [1.29, 1.82) is 0 Å². The average Bonchev–Trinajstić information content (AvgIpc) is 3.39. The molecule has 1 saturated carbocycles. The molecular formula is C26H28F4N4O3S. The number of esters is 1. The number of alkyl halides is 4. The molecule has 2 heterocycles. The average molecular weight is 553 g/mol. The number of aliphatic hydroxyl groups is 1. The molecule has 38 heavy (non-hydrogen) atoms. The summed E-state index contributed by atoms with van der Waals surface area (Å²) in [4.78, 5) is 24.5. The fraction of sp³-hybridized carbons (Fsp3) is 0.462. The van der Waals surface area contributed by atoms with Crippen molar-refractivity contribution in [3.8, 4) is 10.4 Å². The van der Waals surface area contributed by atoms with Crippen LogP contribution in [0.4, 0.5) is 29.2 Å². The zero-order valence-electron chi connectivity index (χ0n) is 20.9. The van der Waals surface area contributed by atoms with Crippen LogP contribution >= 0.6 is 11.3 Å². The van der Waals surface area contributed by atoms with Gasteiger partial charge in [0.2, 0.25) is 5.95 Å². The van der Waals surface area contributed by atoms with Crippen LogP contribution in [-0.2, 0) is 21.3 Å². The highest BCUT2D eigenvalue weighted by molar-refractivity contribution is 7.15. The van der Waals surface area contributed by atoms with E-state index in [-0.39, 0.29) is 22.8 Å².